The van der Waals surface area contributed by atoms with Gasteiger partial charge in [-0.05, 0) is 6.07 Å². The van der Waals surface area contributed by atoms with E-state index < -0.39 is 11.7 Å². The van der Waals surface area contributed by atoms with E-state index in [1.54, 1.807) is 0 Å². The molecule has 0 radical (unpaired) electrons. The molecular weight excluding hydrogens is 174 g/mol. The molecule has 1 heterocycles. The van der Waals surface area contributed by atoms with Gasteiger partial charge in [-0.1, -0.05) is 6.58 Å². The average Bonchev–Trinajstić information content (AvgIpc) is 2.03. The van der Waals surface area contributed by atoms with E-state index in [0.717, 1.165) is 4.57 Å². The normalized spacial score (nSPS) is 9.54. The Hall–Kier alpha value is -2.11. The van der Waals surface area contributed by atoms with Crippen molar-refractivity contribution < 1.29 is 9.90 Å². The zero-order chi connectivity index (χ0) is 10.0. The number of nitrogens with two attached hydrogens (primary N) is 1. The molecule has 0 aliphatic carbocycles. The molecule has 0 bridgehead atoms. The van der Waals surface area contributed by atoms with E-state index in [2.05, 4.69) is 11.6 Å². The highest BCUT2D eigenvalue weighted by molar-refractivity contribution is 6.07. The summed E-state index contributed by atoms with van der Waals surface area (Å²) in [4.78, 5) is 24.8. The topological polar surface area (TPSA) is 98.2 Å². The van der Waals surface area contributed by atoms with Crippen LogP contribution in [0.5, 0.6) is 0 Å². The summed E-state index contributed by atoms with van der Waals surface area (Å²) in [5, 5.41) is 8.51. The summed E-state index contributed by atoms with van der Waals surface area (Å²) in [6, 6.07) is 1.32. The summed E-state index contributed by atoms with van der Waals surface area (Å²) in [5.41, 5.74) is 4.08. The maximum Gasteiger partial charge on any atom is 0.354 e. The number of carbonyl (C=O) groups is 1. The number of nitrogens with zero attached hydrogens (tertiary/aromatic N) is 2. The largest absolute Gasteiger partial charge is 0.477 e. The molecule has 1 rings (SSSR count). The molecule has 6 nitrogen and oxygen atoms in total. The van der Waals surface area contributed by atoms with Crippen molar-refractivity contribution in [3.63, 3.8) is 0 Å². The van der Waals surface area contributed by atoms with Gasteiger partial charge in [0.2, 0.25) is 0 Å². The van der Waals surface area contributed by atoms with Gasteiger partial charge in [-0.3, -0.25) is 4.57 Å². The third kappa shape index (κ3) is 1.73. The van der Waals surface area contributed by atoms with Crippen LogP contribution in [-0.4, -0.2) is 20.6 Å². The lowest BCUT2D eigenvalue weighted by Crippen LogP contribution is -2.24. The van der Waals surface area contributed by atoms with Crippen LogP contribution in [0.25, 0.3) is 5.70 Å². The number of carboxylic acid groups (broad SMARTS) is 1. The first-order valence-electron chi connectivity index (χ1n) is 3.30. The Labute approximate surface area is 72.9 Å². The van der Waals surface area contributed by atoms with Gasteiger partial charge >= 0.3 is 11.7 Å². The summed E-state index contributed by atoms with van der Waals surface area (Å²) < 4.78 is 0.804. The lowest BCUT2D eigenvalue weighted by molar-refractivity contribution is -0.130. The first-order valence-corrected chi connectivity index (χ1v) is 3.30. The van der Waals surface area contributed by atoms with E-state index in [1.807, 2.05) is 0 Å². The van der Waals surface area contributed by atoms with Crippen LogP contribution >= 0.6 is 0 Å². The molecule has 0 aliphatic heterocycles. The highest BCUT2D eigenvalue weighted by atomic mass is 16.4. The van der Waals surface area contributed by atoms with Gasteiger partial charge in [-0.2, -0.15) is 4.98 Å². The zero-order valence-electron chi connectivity index (χ0n) is 6.60. The second kappa shape index (κ2) is 3.10. The molecule has 68 valence electrons. The van der Waals surface area contributed by atoms with Crippen molar-refractivity contribution in [3.05, 3.63) is 29.3 Å². The number of hydrogen-bond donors (Lipinski definition) is 2. The van der Waals surface area contributed by atoms with Gasteiger partial charge in [0, 0.05) is 6.20 Å². The van der Waals surface area contributed by atoms with Gasteiger partial charge in [-0.15, -0.1) is 0 Å². The minimum absolute atomic E-state index is 0.0411. The fourth-order valence-corrected chi connectivity index (χ4v) is 0.725. The number of anilines is 1. The predicted molar refractivity (Wildman–Crippen MR) is 45.9 cm³/mol. The monoisotopic (exact) mass is 181 g/mol. The standard InChI is InChI=1S/C7H7N3O3/c1-4(6(11)12)10-3-2-5(8)9-7(10)13/h2-3H,1H2,(H,11,12)(H2,8,9,13). The van der Waals surface area contributed by atoms with Crippen molar-refractivity contribution in [1.82, 2.24) is 9.55 Å². The zero-order valence-corrected chi connectivity index (χ0v) is 6.60. The lowest BCUT2D eigenvalue weighted by Gasteiger charge is -2.02. The molecule has 0 atom stereocenters. The van der Waals surface area contributed by atoms with Crippen LogP contribution in [0.3, 0.4) is 0 Å². The Morgan fingerprint density at radius 2 is 2.31 bits per heavy atom. The number of aromatic nitrogens is 2. The predicted octanol–water partition coefficient (Wildman–Crippen LogP) is -0.619. The number of aliphatic carboxylic acids is 1. The third-order valence-corrected chi connectivity index (χ3v) is 1.36. The fourth-order valence-electron chi connectivity index (χ4n) is 0.725. The minimum Gasteiger partial charge on any atom is -0.477 e. The number of carboxylic acids is 1. The molecule has 0 fully saturated rings. The van der Waals surface area contributed by atoms with E-state index >= 15 is 0 Å². The Morgan fingerprint density at radius 1 is 1.69 bits per heavy atom. The van der Waals surface area contributed by atoms with Gasteiger partial charge < -0.3 is 10.8 Å². The van der Waals surface area contributed by atoms with Crippen LogP contribution in [0.1, 0.15) is 0 Å². The smallest absolute Gasteiger partial charge is 0.354 e. The van der Waals surface area contributed by atoms with Gasteiger partial charge in [-0.25, -0.2) is 9.59 Å². The molecule has 0 amide bonds. The van der Waals surface area contributed by atoms with Gasteiger partial charge in [0.05, 0.1) is 0 Å². The molecule has 3 N–H and O–H groups in total. The Balaban J connectivity index is 3.25. The number of hydrogen-bond acceptors (Lipinski definition) is 4. The molecule has 0 aromatic carbocycles. The van der Waals surface area contributed by atoms with Crippen LogP contribution < -0.4 is 11.4 Å². The van der Waals surface area contributed by atoms with Crippen molar-refractivity contribution >= 4 is 17.5 Å². The summed E-state index contributed by atoms with van der Waals surface area (Å²) in [5.74, 6) is -1.24. The molecule has 13 heavy (non-hydrogen) atoms. The van der Waals surface area contributed by atoms with Crippen molar-refractivity contribution in [1.29, 1.82) is 0 Å². The van der Waals surface area contributed by atoms with Gasteiger partial charge in [0.15, 0.2) is 0 Å². The third-order valence-electron chi connectivity index (χ3n) is 1.36. The van der Waals surface area contributed by atoms with Crippen LogP contribution in [0.4, 0.5) is 5.82 Å². The average molecular weight is 181 g/mol. The number of nitrogen functional groups attached to an aromatic ring is 1. The van der Waals surface area contributed by atoms with Crippen LogP contribution in [-0.2, 0) is 4.79 Å². The summed E-state index contributed by atoms with van der Waals surface area (Å²) in [6.45, 7) is 3.20. The molecule has 0 unspecified atom stereocenters. The Kier molecular flexibility index (Phi) is 2.14. The van der Waals surface area contributed by atoms with E-state index in [0.29, 0.717) is 0 Å². The molecule has 1 aromatic heterocycles. The first kappa shape index (κ1) is 8.98. The highest BCUT2D eigenvalue weighted by Gasteiger charge is 2.08. The molecule has 0 aliphatic rings. The lowest BCUT2D eigenvalue weighted by atomic mass is 10.4. The SMILES string of the molecule is C=C(C(=O)O)n1ccc(N)nc1=O. The van der Waals surface area contributed by atoms with Crippen molar-refractivity contribution in [2.45, 2.75) is 0 Å². The Bertz CT molecular complexity index is 421. The summed E-state index contributed by atoms with van der Waals surface area (Å²) >= 11 is 0. The van der Waals surface area contributed by atoms with Crippen LogP contribution in [0.15, 0.2) is 23.6 Å². The Morgan fingerprint density at radius 3 is 2.77 bits per heavy atom. The van der Waals surface area contributed by atoms with Crippen LogP contribution in [0, 0.1) is 0 Å². The molecule has 1 aromatic rings. The van der Waals surface area contributed by atoms with Crippen LogP contribution in [0.2, 0.25) is 0 Å². The fraction of sp³-hybridized carbons (Fsp3) is 0. The van der Waals surface area contributed by atoms with Crippen molar-refractivity contribution in [3.8, 4) is 0 Å². The molecular formula is C7H7N3O3. The quantitative estimate of drug-likeness (QED) is 0.592. The van der Waals surface area contributed by atoms with E-state index in [4.69, 9.17) is 10.8 Å². The highest BCUT2D eigenvalue weighted by Crippen LogP contribution is 1.97. The molecule has 0 spiro atoms. The first-order chi connectivity index (χ1) is 6.02. The molecule has 0 saturated heterocycles. The summed E-state index contributed by atoms with van der Waals surface area (Å²) in [7, 11) is 0. The second-order valence-corrected chi connectivity index (χ2v) is 2.26. The summed E-state index contributed by atoms with van der Waals surface area (Å²) in [6.07, 6.45) is 1.21. The van der Waals surface area contributed by atoms with Crippen molar-refractivity contribution in [2.75, 3.05) is 5.73 Å². The van der Waals surface area contributed by atoms with Gasteiger partial charge in [0.1, 0.15) is 11.5 Å². The van der Waals surface area contributed by atoms with E-state index in [-0.39, 0.29) is 11.5 Å². The van der Waals surface area contributed by atoms with E-state index in [1.165, 1.54) is 12.3 Å². The second-order valence-electron chi connectivity index (χ2n) is 2.26. The van der Waals surface area contributed by atoms with E-state index in [9.17, 15) is 9.59 Å². The molecule has 0 saturated carbocycles. The van der Waals surface area contributed by atoms with Gasteiger partial charge in [0.25, 0.3) is 0 Å². The minimum atomic E-state index is -1.28. The van der Waals surface area contributed by atoms with Crippen molar-refractivity contribution in [2.24, 2.45) is 0 Å². The molecule has 6 heteroatoms. The number of rotatable bonds is 2. The maximum absolute atomic E-state index is 11.0. The maximum atomic E-state index is 11.0.